The monoisotopic (exact) mass is 262 g/mol. The molecule has 1 saturated carbocycles. The minimum Gasteiger partial charge on any atom is -0.494 e. The standard InChI is InChI=1S/C16H22O3/c17-16(18)15(13-7-4-5-8-13)11-6-12-19-14-9-2-1-3-10-14/h1-3,9-10,13,15H,4-8,11-12H2,(H,17,18). The predicted molar refractivity (Wildman–Crippen MR) is 74.3 cm³/mol. The Labute approximate surface area is 114 Å². The average Bonchev–Trinajstić information content (AvgIpc) is 2.93. The highest BCUT2D eigenvalue weighted by atomic mass is 16.5. The first-order valence-electron chi connectivity index (χ1n) is 7.18. The van der Waals surface area contributed by atoms with Crippen LogP contribution in [0, 0.1) is 11.8 Å². The Bertz CT molecular complexity index is 382. The van der Waals surface area contributed by atoms with Crippen LogP contribution in [0.25, 0.3) is 0 Å². The average molecular weight is 262 g/mol. The lowest BCUT2D eigenvalue weighted by Gasteiger charge is -2.19. The highest BCUT2D eigenvalue weighted by molar-refractivity contribution is 5.70. The number of rotatable bonds is 7. The van der Waals surface area contributed by atoms with Crippen molar-refractivity contribution in [1.29, 1.82) is 0 Å². The molecule has 1 aliphatic rings. The van der Waals surface area contributed by atoms with E-state index < -0.39 is 5.97 Å². The summed E-state index contributed by atoms with van der Waals surface area (Å²) in [4.78, 5) is 11.3. The summed E-state index contributed by atoms with van der Waals surface area (Å²) in [7, 11) is 0. The molecule has 104 valence electrons. The van der Waals surface area contributed by atoms with Crippen molar-refractivity contribution < 1.29 is 14.6 Å². The Kier molecular flexibility index (Phi) is 5.25. The first kappa shape index (κ1) is 13.9. The van der Waals surface area contributed by atoms with Gasteiger partial charge >= 0.3 is 5.97 Å². The fraction of sp³-hybridized carbons (Fsp3) is 0.562. The van der Waals surface area contributed by atoms with Crippen LogP contribution in [0.1, 0.15) is 38.5 Å². The molecule has 1 N–H and O–H groups in total. The van der Waals surface area contributed by atoms with Crippen molar-refractivity contribution in [3.63, 3.8) is 0 Å². The van der Waals surface area contributed by atoms with Crippen molar-refractivity contribution in [2.75, 3.05) is 6.61 Å². The Hall–Kier alpha value is -1.51. The van der Waals surface area contributed by atoms with Gasteiger partial charge in [0.25, 0.3) is 0 Å². The molecular weight excluding hydrogens is 240 g/mol. The maximum absolute atomic E-state index is 11.3. The fourth-order valence-corrected chi connectivity index (χ4v) is 2.93. The van der Waals surface area contributed by atoms with Crippen LogP contribution in [-0.2, 0) is 4.79 Å². The first-order valence-corrected chi connectivity index (χ1v) is 7.18. The smallest absolute Gasteiger partial charge is 0.306 e. The SMILES string of the molecule is O=C(O)C(CCCOc1ccccc1)C1CCCC1. The van der Waals surface area contributed by atoms with E-state index in [0.717, 1.165) is 31.4 Å². The molecule has 1 aromatic rings. The van der Waals surface area contributed by atoms with Gasteiger partial charge in [0.15, 0.2) is 0 Å². The summed E-state index contributed by atoms with van der Waals surface area (Å²) in [6, 6.07) is 9.67. The normalized spacial score (nSPS) is 17.3. The van der Waals surface area contributed by atoms with Crippen molar-refractivity contribution in [1.82, 2.24) is 0 Å². The number of hydrogen-bond acceptors (Lipinski definition) is 2. The van der Waals surface area contributed by atoms with E-state index in [9.17, 15) is 9.90 Å². The number of aliphatic carboxylic acids is 1. The van der Waals surface area contributed by atoms with E-state index in [2.05, 4.69) is 0 Å². The minimum absolute atomic E-state index is 0.179. The van der Waals surface area contributed by atoms with Crippen molar-refractivity contribution in [2.45, 2.75) is 38.5 Å². The zero-order valence-electron chi connectivity index (χ0n) is 11.3. The van der Waals surface area contributed by atoms with Gasteiger partial charge in [0.05, 0.1) is 12.5 Å². The third kappa shape index (κ3) is 4.27. The number of benzene rings is 1. The Balaban J connectivity index is 1.72. The molecular formula is C16H22O3. The molecule has 0 amide bonds. The molecule has 0 spiro atoms. The summed E-state index contributed by atoms with van der Waals surface area (Å²) in [5.41, 5.74) is 0. The second-order valence-corrected chi connectivity index (χ2v) is 5.29. The van der Waals surface area contributed by atoms with Crippen LogP contribution < -0.4 is 4.74 Å². The molecule has 0 saturated heterocycles. The fourth-order valence-electron chi connectivity index (χ4n) is 2.93. The van der Waals surface area contributed by atoms with Crippen LogP contribution in [0.15, 0.2) is 30.3 Å². The third-order valence-electron chi connectivity index (χ3n) is 3.96. The maximum Gasteiger partial charge on any atom is 0.306 e. The molecule has 1 atom stereocenters. The molecule has 3 nitrogen and oxygen atoms in total. The van der Waals surface area contributed by atoms with Gasteiger partial charge < -0.3 is 9.84 Å². The number of carboxylic acids is 1. The second kappa shape index (κ2) is 7.17. The molecule has 3 heteroatoms. The van der Waals surface area contributed by atoms with E-state index in [4.69, 9.17) is 4.74 Å². The van der Waals surface area contributed by atoms with Crippen LogP contribution in [-0.4, -0.2) is 17.7 Å². The Morgan fingerprint density at radius 2 is 1.95 bits per heavy atom. The van der Waals surface area contributed by atoms with Crippen molar-refractivity contribution in [2.24, 2.45) is 11.8 Å². The molecule has 2 rings (SSSR count). The van der Waals surface area contributed by atoms with Crippen LogP contribution in [0.4, 0.5) is 0 Å². The molecule has 0 aliphatic heterocycles. The Morgan fingerprint density at radius 1 is 1.26 bits per heavy atom. The molecule has 1 aliphatic carbocycles. The third-order valence-corrected chi connectivity index (χ3v) is 3.96. The summed E-state index contributed by atoms with van der Waals surface area (Å²) in [5, 5.41) is 9.31. The topological polar surface area (TPSA) is 46.5 Å². The molecule has 0 aromatic heterocycles. The van der Waals surface area contributed by atoms with Gasteiger partial charge in [-0.05, 0) is 43.7 Å². The molecule has 1 fully saturated rings. The zero-order valence-corrected chi connectivity index (χ0v) is 11.3. The molecule has 0 heterocycles. The largest absolute Gasteiger partial charge is 0.494 e. The van der Waals surface area contributed by atoms with Gasteiger partial charge in [-0.25, -0.2) is 0 Å². The molecule has 0 radical (unpaired) electrons. The van der Waals surface area contributed by atoms with Gasteiger partial charge in [-0.15, -0.1) is 0 Å². The van der Waals surface area contributed by atoms with Crippen molar-refractivity contribution in [3.8, 4) is 5.75 Å². The van der Waals surface area contributed by atoms with E-state index in [0.29, 0.717) is 12.5 Å². The highest BCUT2D eigenvalue weighted by Gasteiger charge is 2.29. The number of ether oxygens (including phenoxy) is 1. The predicted octanol–water partition coefficient (Wildman–Crippen LogP) is 3.74. The lowest BCUT2D eigenvalue weighted by molar-refractivity contribution is -0.144. The molecule has 19 heavy (non-hydrogen) atoms. The van der Waals surface area contributed by atoms with Crippen LogP contribution in [0.3, 0.4) is 0 Å². The van der Waals surface area contributed by atoms with Crippen molar-refractivity contribution >= 4 is 5.97 Å². The lowest BCUT2D eigenvalue weighted by atomic mass is 9.87. The van der Waals surface area contributed by atoms with E-state index in [1.165, 1.54) is 12.8 Å². The van der Waals surface area contributed by atoms with Crippen LogP contribution in [0.2, 0.25) is 0 Å². The van der Waals surface area contributed by atoms with Gasteiger partial charge in [0, 0.05) is 0 Å². The van der Waals surface area contributed by atoms with Crippen LogP contribution >= 0.6 is 0 Å². The van der Waals surface area contributed by atoms with Gasteiger partial charge in [0.2, 0.25) is 0 Å². The maximum atomic E-state index is 11.3. The number of hydrogen-bond donors (Lipinski definition) is 1. The van der Waals surface area contributed by atoms with Crippen LogP contribution in [0.5, 0.6) is 5.75 Å². The van der Waals surface area contributed by atoms with Crippen molar-refractivity contribution in [3.05, 3.63) is 30.3 Å². The summed E-state index contributed by atoms with van der Waals surface area (Å²) in [5.74, 6) is 0.429. The molecule has 0 bridgehead atoms. The van der Waals surface area contributed by atoms with Gasteiger partial charge in [-0.3, -0.25) is 4.79 Å². The van der Waals surface area contributed by atoms with E-state index in [-0.39, 0.29) is 5.92 Å². The summed E-state index contributed by atoms with van der Waals surface area (Å²) in [6.45, 7) is 0.598. The number of carboxylic acid groups (broad SMARTS) is 1. The first-order chi connectivity index (χ1) is 9.27. The minimum atomic E-state index is -0.633. The summed E-state index contributed by atoms with van der Waals surface area (Å²) >= 11 is 0. The number of para-hydroxylation sites is 1. The second-order valence-electron chi connectivity index (χ2n) is 5.29. The van der Waals surface area contributed by atoms with Gasteiger partial charge in [-0.1, -0.05) is 31.0 Å². The highest BCUT2D eigenvalue weighted by Crippen LogP contribution is 2.33. The van der Waals surface area contributed by atoms with E-state index in [1.54, 1.807) is 0 Å². The van der Waals surface area contributed by atoms with Gasteiger partial charge in [0.1, 0.15) is 5.75 Å². The van der Waals surface area contributed by atoms with E-state index >= 15 is 0 Å². The Morgan fingerprint density at radius 3 is 2.58 bits per heavy atom. The number of carbonyl (C=O) groups is 1. The summed E-state index contributed by atoms with van der Waals surface area (Å²) in [6.07, 6.45) is 6.08. The van der Waals surface area contributed by atoms with E-state index in [1.807, 2.05) is 30.3 Å². The zero-order chi connectivity index (χ0) is 13.5. The summed E-state index contributed by atoms with van der Waals surface area (Å²) < 4.78 is 5.61. The molecule has 1 unspecified atom stereocenters. The van der Waals surface area contributed by atoms with Gasteiger partial charge in [-0.2, -0.15) is 0 Å². The lowest BCUT2D eigenvalue weighted by Crippen LogP contribution is -2.22. The molecule has 1 aromatic carbocycles. The quantitative estimate of drug-likeness (QED) is 0.761.